The summed E-state index contributed by atoms with van der Waals surface area (Å²) >= 11 is 0. The SMILES string of the molecule is CC(C)C(C(N)=O)c1cccc(O)c1O. The molecule has 0 spiro atoms. The molecule has 4 nitrogen and oxygen atoms in total. The molecule has 0 aliphatic rings. The Morgan fingerprint density at radius 3 is 2.40 bits per heavy atom. The van der Waals surface area contributed by atoms with Gasteiger partial charge in [0, 0.05) is 5.56 Å². The first kappa shape index (κ1) is 11.4. The number of para-hydroxylation sites is 1. The molecule has 1 aromatic rings. The second-order valence-corrected chi connectivity index (χ2v) is 3.84. The fraction of sp³-hybridized carbons (Fsp3) is 0.364. The summed E-state index contributed by atoms with van der Waals surface area (Å²) in [6, 6.07) is 4.52. The van der Waals surface area contributed by atoms with Crippen LogP contribution >= 0.6 is 0 Å². The number of hydrogen-bond donors (Lipinski definition) is 3. The van der Waals surface area contributed by atoms with Gasteiger partial charge in [-0.05, 0) is 12.0 Å². The molecule has 0 fully saturated rings. The van der Waals surface area contributed by atoms with Gasteiger partial charge in [0.25, 0.3) is 0 Å². The van der Waals surface area contributed by atoms with Crippen molar-refractivity contribution < 1.29 is 15.0 Å². The van der Waals surface area contributed by atoms with Crippen molar-refractivity contribution in [3.8, 4) is 11.5 Å². The fourth-order valence-electron chi connectivity index (χ4n) is 1.64. The third-order valence-electron chi connectivity index (χ3n) is 2.35. The Morgan fingerprint density at radius 1 is 1.33 bits per heavy atom. The minimum absolute atomic E-state index is 0.0322. The van der Waals surface area contributed by atoms with Gasteiger partial charge in [-0.3, -0.25) is 4.79 Å². The van der Waals surface area contributed by atoms with E-state index in [1.54, 1.807) is 12.1 Å². The smallest absolute Gasteiger partial charge is 0.225 e. The van der Waals surface area contributed by atoms with E-state index in [2.05, 4.69) is 0 Å². The van der Waals surface area contributed by atoms with Crippen LogP contribution in [0.2, 0.25) is 0 Å². The van der Waals surface area contributed by atoms with E-state index < -0.39 is 11.8 Å². The molecular weight excluding hydrogens is 194 g/mol. The topological polar surface area (TPSA) is 83.6 Å². The normalized spacial score (nSPS) is 12.7. The standard InChI is InChI=1S/C11H15NO3/c1-6(2)9(11(12)15)7-4-3-5-8(13)10(7)14/h3-6,9,13-14H,1-2H3,(H2,12,15). The maximum Gasteiger partial charge on any atom is 0.225 e. The molecule has 0 heterocycles. The van der Waals surface area contributed by atoms with Crippen LogP contribution in [-0.4, -0.2) is 16.1 Å². The Bertz CT molecular complexity index is 374. The molecule has 1 unspecified atom stereocenters. The highest BCUT2D eigenvalue weighted by Crippen LogP contribution is 2.36. The van der Waals surface area contributed by atoms with E-state index in [1.807, 2.05) is 13.8 Å². The Hall–Kier alpha value is -1.71. The maximum absolute atomic E-state index is 11.2. The monoisotopic (exact) mass is 209 g/mol. The highest BCUT2D eigenvalue weighted by atomic mass is 16.3. The van der Waals surface area contributed by atoms with Crippen molar-refractivity contribution in [3.05, 3.63) is 23.8 Å². The van der Waals surface area contributed by atoms with E-state index in [9.17, 15) is 15.0 Å². The number of carbonyl (C=O) groups excluding carboxylic acids is 1. The van der Waals surface area contributed by atoms with Gasteiger partial charge >= 0.3 is 0 Å². The van der Waals surface area contributed by atoms with Gasteiger partial charge in [0.1, 0.15) is 0 Å². The summed E-state index contributed by atoms with van der Waals surface area (Å²) < 4.78 is 0. The molecule has 1 amide bonds. The third-order valence-corrected chi connectivity index (χ3v) is 2.35. The Kier molecular flexibility index (Phi) is 3.19. The first-order chi connectivity index (χ1) is 6.95. The lowest BCUT2D eigenvalue weighted by atomic mass is 9.87. The molecule has 0 bridgehead atoms. The zero-order valence-corrected chi connectivity index (χ0v) is 8.77. The van der Waals surface area contributed by atoms with Crippen LogP contribution in [0.4, 0.5) is 0 Å². The van der Waals surface area contributed by atoms with Gasteiger partial charge in [0.2, 0.25) is 5.91 Å². The van der Waals surface area contributed by atoms with E-state index in [-0.39, 0.29) is 17.4 Å². The zero-order valence-electron chi connectivity index (χ0n) is 8.77. The molecular formula is C11H15NO3. The Morgan fingerprint density at radius 2 is 1.93 bits per heavy atom. The summed E-state index contributed by atoms with van der Waals surface area (Å²) in [6.45, 7) is 3.66. The van der Waals surface area contributed by atoms with Gasteiger partial charge < -0.3 is 15.9 Å². The number of rotatable bonds is 3. The summed E-state index contributed by atoms with van der Waals surface area (Å²) in [7, 11) is 0. The van der Waals surface area contributed by atoms with E-state index in [4.69, 9.17) is 5.73 Å². The molecule has 0 aliphatic heterocycles. The Labute approximate surface area is 88.3 Å². The van der Waals surface area contributed by atoms with Crippen LogP contribution in [0, 0.1) is 5.92 Å². The first-order valence-corrected chi connectivity index (χ1v) is 4.75. The van der Waals surface area contributed by atoms with Crippen molar-refractivity contribution in [2.45, 2.75) is 19.8 Å². The predicted octanol–water partition coefficient (Wildman–Crippen LogP) is 1.32. The maximum atomic E-state index is 11.2. The van der Waals surface area contributed by atoms with Crippen LogP contribution < -0.4 is 5.73 Å². The molecule has 4 N–H and O–H groups in total. The minimum atomic E-state index is -0.586. The van der Waals surface area contributed by atoms with Gasteiger partial charge in [0.05, 0.1) is 5.92 Å². The van der Waals surface area contributed by atoms with Crippen LogP contribution in [0.5, 0.6) is 11.5 Å². The van der Waals surface area contributed by atoms with Crippen molar-refractivity contribution in [1.29, 1.82) is 0 Å². The predicted molar refractivity (Wildman–Crippen MR) is 56.5 cm³/mol. The molecule has 1 aromatic carbocycles. The van der Waals surface area contributed by atoms with E-state index in [0.717, 1.165) is 0 Å². The van der Waals surface area contributed by atoms with E-state index >= 15 is 0 Å². The summed E-state index contributed by atoms with van der Waals surface area (Å²) in [5.41, 5.74) is 5.63. The second kappa shape index (κ2) is 4.21. The van der Waals surface area contributed by atoms with E-state index in [1.165, 1.54) is 6.07 Å². The van der Waals surface area contributed by atoms with Crippen molar-refractivity contribution in [3.63, 3.8) is 0 Å². The highest BCUT2D eigenvalue weighted by Gasteiger charge is 2.25. The molecule has 4 heteroatoms. The fourth-order valence-corrected chi connectivity index (χ4v) is 1.64. The van der Waals surface area contributed by atoms with Crippen LogP contribution in [0.15, 0.2) is 18.2 Å². The highest BCUT2D eigenvalue weighted by molar-refractivity contribution is 5.83. The molecule has 0 aromatic heterocycles. The van der Waals surface area contributed by atoms with Gasteiger partial charge in [-0.2, -0.15) is 0 Å². The Balaban J connectivity index is 3.23. The minimum Gasteiger partial charge on any atom is -0.504 e. The average Bonchev–Trinajstić information content (AvgIpc) is 2.11. The van der Waals surface area contributed by atoms with E-state index in [0.29, 0.717) is 5.56 Å². The van der Waals surface area contributed by atoms with Crippen LogP contribution in [0.1, 0.15) is 25.3 Å². The van der Waals surface area contributed by atoms with Crippen molar-refractivity contribution in [1.82, 2.24) is 0 Å². The lowest BCUT2D eigenvalue weighted by molar-refractivity contribution is -0.120. The summed E-state index contributed by atoms with van der Waals surface area (Å²) in [5.74, 6) is -1.63. The lowest BCUT2D eigenvalue weighted by Crippen LogP contribution is -2.25. The van der Waals surface area contributed by atoms with Gasteiger partial charge in [-0.15, -0.1) is 0 Å². The van der Waals surface area contributed by atoms with Gasteiger partial charge in [0.15, 0.2) is 11.5 Å². The zero-order chi connectivity index (χ0) is 11.6. The molecule has 0 saturated heterocycles. The number of phenols is 2. The summed E-state index contributed by atoms with van der Waals surface area (Å²) in [5, 5.41) is 18.9. The van der Waals surface area contributed by atoms with Crippen molar-refractivity contribution >= 4 is 5.91 Å². The number of nitrogens with two attached hydrogens (primary N) is 1. The van der Waals surface area contributed by atoms with Crippen LogP contribution in [0.25, 0.3) is 0 Å². The summed E-state index contributed by atoms with van der Waals surface area (Å²) in [6.07, 6.45) is 0. The first-order valence-electron chi connectivity index (χ1n) is 4.75. The summed E-state index contributed by atoms with van der Waals surface area (Å²) in [4.78, 5) is 11.2. The number of amides is 1. The largest absolute Gasteiger partial charge is 0.504 e. The average molecular weight is 209 g/mol. The molecule has 1 rings (SSSR count). The molecule has 0 aliphatic carbocycles. The van der Waals surface area contributed by atoms with Crippen LogP contribution in [0.3, 0.4) is 0 Å². The molecule has 82 valence electrons. The number of benzene rings is 1. The van der Waals surface area contributed by atoms with Crippen LogP contribution in [-0.2, 0) is 4.79 Å². The van der Waals surface area contributed by atoms with Gasteiger partial charge in [-0.25, -0.2) is 0 Å². The van der Waals surface area contributed by atoms with Crippen molar-refractivity contribution in [2.24, 2.45) is 11.7 Å². The number of phenolic OH excluding ortho intramolecular Hbond substituents is 2. The molecule has 1 atom stereocenters. The third kappa shape index (κ3) is 2.21. The molecule has 0 saturated carbocycles. The number of primary amides is 1. The van der Waals surface area contributed by atoms with Gasteiger partial charge in [-0.1, -0.05) is 26.0 Å². The number of carbonyl (C=O) groups is 1. The van der Waals surface area contributed by atoms with Crippen molar-refractivity contribution in [2.75, 3.05) is 0 Å². The lowest BCUT2D eigenvalue weighted by Gasteiger charge is -2.18. The number of aromatic hydroxyl groups is 2. The quantitative estimate of drug-likeness (QED) is 0.656. The molecule has 15 heavy (non-hydrogen) atoms. The molecule has 0 radical (unpaired) electrons. The second-order valence-electron chi connectivity index (χ2n) is 3.84. The number of hydrogen-bond acceptors (Lipinski definition) is 3.